The van der Waals surface area contributed by atoms with Gasteiger partial charge in [-0.1, -0.05) is 0 Å². The number of pyridine rings is 1. The second kappa shape index (κ2) is 6.21. The van der Waals surface area contributed by atoms with Crippen LogP contribution in [0.3, 0.4) is 0 Å². The SMILES string of the molecule is CNc1cccnc1S(=O)(=O)N(C)Cc1csc(Br)c1. The van der Waals surface area contributed by atoms with E-state index in [4.69, 9.17) is 0 Å². The van der Waals surface area contributed by atoms with Gasteiger partial charge < -0.3 is 5.32 Å². The fourth-order valence-corrected chi connectivity index (χ4v) is 4.16. The summed E-state index contributed by atoms with van der Waals surface area (Å²) in [5, 5.41) is 4.82. The largest absolute Gasteiger partial charge is 0.386 e. The molecule has 0 unspecified atom stereocenters. The minimum Gasteiger partial charge on any atom is -0.386 e. The predicted molar refractivity (Wildman–Crippen MR) is 84.5 cm³/mol. The average molecular weight is 376 g/mol. The van der Waals surface area contributed by atoms with Crippen LogP contribution in [0.15, 0.2) is 38.6 Å². The van der Waals surface area contributed by atoms with Gasteiger partial charge in [-0.2, -0.15) is 4.31 Å². The lowest BCUT2D eigenvalue weighted by Crippen LogP contribution is -2.27. The Morgan fingerprint density at radius 2 is 2.25 bits per heavy atom. The molecule has 0 aliphatic rings. The Hall–Kier alpha value is -0.960. The lowest BCUT2D eigenvalue weighted by Gasteiger charge is -2.17. The molecule has 0 radical (unpaired) electrons. The van der Waals surface area contributed by atoms with E-state index in [0.717, 1.165) is 9.35 Å². The van der Waals surface area contributed by atoms with E-state index in [9.17, 15) is 8.42 Å². The summed E-state index contributed by atoms with van der Waals surface area (Å²) in [5.74, 6) is 0. The van der Waals surface area contributed by atoms with Crippen molar-refractivity contribution in [3.05, 3.63) is 39.1 Å². The smallest absolute Gasteiger partial charge is 0.262 e. The number of aromatic nitrogens is 1. The van der Waals surface area contributed by atoms with Crippen molar-refractivity contribution in [3.63, 3.8) is 0 Å². The highest BCUT2D eigenvalue weighted by molar-refractivity contribution is 9.11. The topological polar surface area (TPSA) is 62.3 Å². The predicted octanol–water partition coefficient (Wildman–Crippen LogP) is 2.77. The Labute approximate surface area is 130 Å². The summed E-state index contributed by atoms with van der Waals surface area (Å²) in [7, 11) is -0.398. The Bertz CT molecular complexity index is 700. The zero-order chi connectivity index (χ0) is 14.8. The number of thiophene rings is 1. The van der Waals surface area contributed by atoms with Crippen LogP contribution in [-0.4, -0.2) is 31.8 Å². The van der Waals surface area contributed by atoms with Gasteiger partial charge >= 0.3 is 0 Å². The third-order valence-corrected chi connectivity index (χ3v) is 6.04. The molecule has 2 rings (SSSR count). The van der Waals surface area contributed by atoms with Crippen molar-refractivity contribution in [3.8, 4) is 0 Å². The number of rotatable bonds is 5. The molecule has 0 aliphatic heterocycles. The van der Waals surface area contributed by atoms with E-state index in [1.165, 1.54) is 21.8 Å². The quantitative estimate of drug-likeness (QED) is 0.872. The average Bonchev–Trinajstić information content (AvgIpc) is 2.84. The number of hydrogen-bond acceptors (Lipinski definition) is 5. The van der Waals surface area contributed by atoms with Crippen molar-refractivity contribution < 1.29 is 8.42 Å². The first-order valence-electron chi connectivity index (χ1n) is 5.77. The molecule has 0 fully saturated rings. The van der Waals surface area contributed by atoms with Crippen LogP contribution in [0, 0.1) is 0 Å². The Balaban J connectivity index is 2.29. The molecule has 2 aromatic heterocycles. The highest BCUT2D eigenvalue weighted by Gasteiger charge is 2.25. The minimum absolute atomic E-state index is 0.0410. The van der Waals surface area contributed by atoms with Crippen molar-refractivity contribution in [1.82, 2.24) is 9.29 Å². The van der Waals surface area contributed by atoms with Gasteiger partial charge in [-0.15, -0.1) is 11.3 Å². The number of nitrogens with zero attached hydrogens (tertiary/aromatic N) is 2. The van der Waals surface area contributed by atoms with Crippen molar-refractivity contribution in [2.45, 2.75) is 11.6 Å². The van der Waals surface area contributed by atoms with Gasteiger partial charge in [0.05, 0.1) is 9.47 Å². The van der Waals surface area contributed by atoms with Gasteiger partial charge in [0.2, 0.25) is 0 Å². The summed E-state index contributed by atoms with van der Waals surface area (Å²) >= 11 is 4.90. The third kappa shape index (κ3) is 3.20. The van der Waals surface area contributed by atoms with Crippen molar-refractivity contribution in [1.29, 1.82) is 0 Å². The fourth-order valence-electron chi connectivity index (χ4n) is 1.71. The Morgan fingerprint density at radius 3 is 2.85 bits per heavy atom. The highest BCUT2D eigenvalue weighted by Crippen LogP contribution is 2.25. The Morgan fingerprint density at radius 1 is 1.50 bits per heavy atom. The molecular weight excluding hydrogens is 362 g/mol. The van der Waals surface area contributed by atoms with E-state index in [-0.39, 0.29) is 5.03 Å². The molecule has 2 heterocycles. The first kappa shape index (κ1) is 15.4. The Kier molecular flexibility index (Phi) is 4.79. The van der Waals surface area contributed by atoms with Gasteiger partial charge in [0.25, 0.3) is 10.0 Å². The monoisotopic (exact) mass is 375 g/mol. The van der Waals surface area contributed by atoms with Crippen LogP contribution in [0.5, 0.6) is 0 Å². The molecule has 0 spiro atoms. The maximum Gasteiger partial charge on any atom is 0.262 e. The molecule has 0 saturated carbocycles. The summed E-state index contributed by atoms with van der Waals surface area (Å²) in [6, 6.07) is 5.30. The molecule has 0 aromatic carbocycles. The van der Waals surface area contributed by atoms with Crippen LogP contribution in [0.25, 0.3) is 0 Å². The molecule has 5 nitrogen and oxygen atoms in total. The van der Waals surface area contributed by atoms with Crippen LogP contribution < -0.4 is 5.32 Å². The number of sulfonamides is 1. The van der Waals surface area contributed by atoms with Crippen LogP contribution >= 0.6 is 27.3 Å². The molecule has 0 bridgehead atoms. The van der Waals surface area contributed by atoms with E-state index in [1.807, 2.05) is 11.4 Å². The van der Waals surface area contributed by atoms with Gasteiger partial charge in [-0.25, -0.2) is 13.4 Å². The van der Waals surface area contributed by atoms with E-state index < -0.39 is 10.0 Å². The molecule has 20 heavy (non-hydrogen) atoms. The number of anilines is 1. The van der Waals surface area contributed by atoms with Crippen molar-refractivity contribution in [2.75, 3.05) is 19.4 Å². The van der Waals surface area contributed by atoms with E-state index >= 15 is 0 Å². The standard InChI is InChI=1S/C12H14BrN3O2S2/c1-14-10-4-3-5-15-12(10)20(17,18)16(2)7-9-6-11(13)19-8-9/h3-6,8,14H,7H2,1-2H3. The summed E-state index contributed by atoms with van der Waals surface area (Å²) in [6.45, 7) is 0.310. The number of halogens is 1. The summed E-state index contributed by atoms with van der Waals surface area (Å²) in [6.07, 6.45) is 1.47. The second-order valence-corrected chi connectivity index (χ2v) is 8.38. The van der Waals surface area contributed by atoms with Gasteiger partial charge in [0, 0.05) is 26.8 Å². The van der Waals surface area contributed by atoms with E-state index in [0.29, 0.717) is 12.2 Å². The van der Waals surface area contributed by atoms with Crippen molar-refractivity contribution in [2.24, 2.45) is 0 Å². The third-order valence-electron chi connectivity index (χ3n) is 2.72. The lowest BCUT2D eigenvalue weighted by atomic mass is 10.3. The first-order valence-corrected chi connectivity index (χ1v) is 8.88. The fraction of sp³-hybridized carbons (Fsp3) is 0.250. The zero-order valence-electron chi connectivity index (χ0n) is 11.0. The highest BCUT2D eigenvalue weighted by atomic mass is 79.9. The molecule has 0 saturated heterocycles. The molecule has 0 amide bonds. The molecule has 1 N–H and O–H groups in total. The molecule has 108 valence electrons. The molecule has 0 atom stereocenters. The normalized spacial score (nSPS) is 11.8. The second-order valence-electron chi connectivity index (χ2n) is 4.13. The molecular formula is C12H14BrN3O2S2. The number of nitrogens with one attached hydrogen (secondary N) is 1. The molecule has 0 aliphatic carbocycles. The summed E-state index contributed by atoms with van der Waals surface area (Å²) in [4.78, 5) is 3.99. The lowest BCUT2D eigenvalue weighted by molar-refractivity contribution is 0.464. The first-order chi connectivity index (χ1) is 9.45. The van der Waals surface area contributed by atoms with Gasteiger partial charge in [0.15, 0.2) is 5.03 Å². The van der Waals surface area contributed by atoms with E-state index in [2.05, 4.69) is 26.2 Å². The van der Waals surface area contributed by atoms with Gasteiger partial charge in [-0.3, -0.25) is 0 Å². The van der Waals surface area contributed by atoms with Crippen molar-refractivity contribution >= 4 is 43.0 Å². The zero-order valence-corrected chi connectivity index (χ0v) is 14.2. The van der Waals surface area contributed by atoms with Crippen LogP contribution in [0.1, 0.15) is 5.56 Å². The molecule has 2 aromatic rings. The van der Waals surface area contributed by atoms with E-state index in [1.54, 1.807) is 26.2 Å². The molecule has 8 heteroatoms. The van der Waals surface area contributed by atoms with Crippen LogP contribution in [-0.2, 0) is 16.6 Å². The number of hydrogen-bond donors (Lipinski definition) is 1. The van der Waals surface area contributed by atoms with Crippen LogP contribution in [0.4, 0.5) is 5.69 Å². The van der Waals surface area contributed by atoms with Gasteiger partial charge in [0.1, 0.15) is 0 Å². The summed E-state index contributed by atoms with van der Waals surface area (Å²) in [5.41, 5.74) is 1.43. The maximum absolute atomic E-state index is 12.5. The minimum atomic E-state index is -3.62. The van der Waals surface area contributed by atoms with Gasteiger partial charge in [-0.05, 0) is 45.1 Å². The summed E-state index contributed by atoms with van der Waals surface area (Å²) < 4.78 is 27.4. The van der Waals surface area contributed by atoms with Crippen LogP contribution in [0.2, 0.25) is 0 Å². The maximum atomic E-state index is 12.5.